The van der Waals surface area contributed by atoms with Crippen LogP contribution < -0.4 is 11.1 Å². The smallest absolute Gasteiger partial charge is 0.337 e. The van der Waals surface area contributed by atoms with E-state index in [0.717, 1.165) is 0 Å². The van der Waals surface area contributed by atoms with E-state index in [1.54, 1.807) is 48.8 Å². The summed E-state index contributed by atoms with van der Waals surface area (Å²) in [6.45, 7) is 0. The lowest BCUT2D eigenvalue weighted by Crippen LogP contribution is -2.18. The monoisotopic (exact) mass is 432 g/mol. The van der Waals surface area contributed by atoms with E-state index < -0.39 is 17.8 Å². The number of primary amides is 1. The Labute approximate surface area is 180 Å². The molecule has 1 aromatic carbocycles. The molecule has 0 saturated carbocycles. The minimum absolute atomic E-state index is 0.00223. The number of amides is 2. The van der Waals surface area contributed by atoms with Gasteiger partial charge in [0.05, 0.1) is 30.2 Å². The van der Waals surface area contributed by atoms with Crippen LogP contribution in [0.25, 0.3) is 17.1 Å². The van der Waals surface area contributed by atoms with Crippen molar-refractivity contribution >= 4 is 23.5 Å². The van der Waals surface area contributed by atoms with Crippen LogP contribution in [0.1, 0.15) is 31.3 Å². The maximum Gasteiger partial charge on any atom is 0.337 e. The number of pyridine rings is 1. The summed E-state index contributed by atoms with van der Waals surface area (Å²) in [7, 11) is 1.28. The van der Waals surface area contributed by atoms with Gasteiger partial charge in [-0.05, 0) is 36.4 Å². The number of oxazole rings is 1. The highest BCUT2D eigenvalue weighted by molar-refractivity contribution is 6.07. The molecule has 0 atom stereocenters. The Balaban J connectivity index is 1.58. The molecule has 32 heavy (non-hydrogen) atoms. The van der Waals surface area contributed by atoms with Gasteiger partial charge in [-0.25, -0.2) is 14.5 Å². The summed E-state index contributed by atoms with van der Waals surface area (Å²) in [6.07, 6.45) is 5.77. The van der Waals surface area contributed by atoms with Crippen LogP contribution in [0.15, 0.2) is 65.7 Å². The number of nitrogens with zero attached hydrogens (tertiary/aromatic N) is 4. The zero-order valence-corrected chi connectivity index (χ0v) is 16.7. The molecule has 160 valence electrons. The van der Waals surface area contributed by atoms with Crippen molar-refractivity contribution in [2.75, 3.05) is 12.4 Å². The first-order valence-electron chi connectivity index (χ1n) is 9.22. The number of nitrogens with one attached hydrogen (secondary N) is 1. The van der Waals surface area contributed by atoms with Gasteiger partial charge in [0, 0.05) is 18.0 Å². The molecule has 3 aromatic heterocycles. The molecule has 4 rings (SSSR count). The minimum Gasteiger partial charge on any atom is -0.465 e. The maximum atomic E-state index is 12.6. The number of anilines is 1. The highest BCUT2D eigenvalue weighted by atomic mass is 16.5. The first-order chi connectivity index (χ1) is 15.5. The van der Waals surface area contributed by atoms with Crippen LogP contribution in [-0.2, 0) is 4.74 Å². The standard InChI is InChI=1S/C21H16N6O5/c1-31-21(30)13-2-4-14(5-3-13)27-10-15(17(26-27)18(22)28)24-19(29)16-11-32-20(25-16)12-6-8-23-9-7-12/h2-11H,1H3,(H2,22,28)(H,24,29). The lowest BCUT2D eigenvalue weighted by Gasteiger charge is -2.03. The second-order valence-electron chi connectivity index (χ2n) is 6.47. The third-order valence-corrected chi connectivity index (χ3v) is 4.41. The van der Waals surface area contributed by atoms with E-state index >= 15 is 0 Å². The van der Waals surface area contributed by atoms with Crippen LogP contribution in [0.3, 0.4) is 0 Å². The third kappa shape index (κ3) is 4.07. The molecule has 0 aliphatic rings. The van der Waals surface area contributed by atoms with Crippen molar-refractivity contribution in [2.45, 2.75) is 0 Å². The number of benzene rings is 1. The molecule has 0 saturated heterocycles. The average molecular weight is 432 g/mol. The normalized spacial score (nSPS) is 10.5. The van der Waals surface area contributed by atoms with E-state index in [0.29, 0.717) is 16.8 Å². The van der Waals surface area contributed by atoms with Gasteiger partial charge in [-0.15, -0.1) is 0 Å². The van der Waals surface area contributed by atoms with Gasteiger partial charge in [-0.2, -0.15) is 5.10 Å². The van der Waals surface area contributed by atoms with Gasteiger partial charge in [0.25, 0.3) is 11.8 Å². The van der Waals surface area contributed by atoms with Crippen LogP contribution in [0.2, 0.25) is 0 Å². The fourth-order valence-electron chi connectivity index (χ4n) is 2.84. The number of aromatic nitrogens is 4. The van der Waals surface area contributed by atoms with E-state index in [-0.39, 0.29) is 23.0 Å². The van der Waals surface area contributed by atoms with Crippen molar-refractivity contribution in [2.24, 2.45) is 5.73 Å². The Kier molecular flexibility index (Phi) is 5.45. The molecular formula is C21H16N6O5. The van der Waals surface area contributed by atoms with Crippen LogP contribution in [0.4, 0.5) is 5.69 Å². The second kappa shape index (κ2) is 8.52. The molecule has 0 aliphatic carbocycles. The molecule has 2 amide bonds. The first kappa shape index (κ1) is 20.5. The van der Waals surface area contributed by atoms with Crippen molar-refractivity contribution in [1.29, 1.82) is 0 Å². The molecule has 0 spiro atoms. The van der Waals surface area contributed by atoms with Crippen molar-refractivity contribution in [3.05, 3.63) is 78.2 Å². The number of hydrogen-bond donors (Lipinski definition) is 2. The number of methoxy groups -OCH3 is 1. The van der Waals surface area contributed by atoms with E-state index in [4.69, 9.17) is 10.2 Å². The van der Waals surface area contributed by atoms with Gasteiger partial charge in [0.15, 0.2) is 11.4 Å². The summed E-state index contributed by atoms with van der Waals surface area (Å²) in [5, 5.41) is 6.70. The Morgan fingerprint density at radius 3 is 2.47 bits per heavy atom. The number of ether oxygens (including phenoxy) is 1. The molecular weight excluding hydrogens is 416 g/mol. The number of carbonyl (C=O) groups is 3. The number of rotatable bonds is 6. The van der Waals surface area contributed by atoms with E-state index in [1.165, 1.54) is 24.3 Å². The van der Waals surface area contributed by atoms with Crippen LogP contribution in [-0.4, -0.2) is 44.6 Å². The highest BCUT2D eigenvalue weighted by Gasteiger charge is 2.20. The van der Waals surface area contributed by atoms with Crippen molar-refractivity contribution < 1.29 is 23.5 Å². The molecule has 11 heteroatoms. The number of carbonyl (C=O) groups excluding carboxylic acids is 3. The molecule has 0 radical (unpaired) electrons. The summed E-state index contributed by atoms with van der Waals surface area (Å²) in [4.78, 5) is 44.2. The van der Waals surface area contributed by atoms with Crippen molar-refractivity contribution in [3.63, 3.8) is 0 Å². The fraction of sp³-hybridized carbons (Fsp3) is 0.0476. The Morgan fingerprint density at radius 1 is 1.09 bits per heavy atom. The zero-order chi connectivity index (χ0) is 22.7. The summed E-state index contributed by atoms with van der Waals surface area (Å²) >= 11 is 0. The molecule has 0 aliphatic heterocycles. The topological polar surface area (TPSA) is 155 Å². The maximum absolute atomic E-state index is 12.6. The largest absolute Gasteiger partial charge is 0.465 e. The first-order valence-corrected chi connectivity index (χ1v) is 9.22. The lowest BCUT2D eigenvalue weighted by molar-refractivity contribution is 0.0600. The van der Waals surface area contributed by atoms with E-state index in [9.17, 15) is 14.4 Å². The Hall–Kier alpha value is -4.80. The Bertz CT molecular complexity index is 1290. The van der Waals surface area contributed by atoms with Crippen molar-refractivity contribution in [3.8, 4) is 17.1 Å². The summed E-state index contributed by atoms with van der Waals surface area (Å²) in [6, 6.07) is 9.67. The summed E-state index contributed by atoms with van der Waals surface area (Å²) < 4.78 is 11.4. The molecule has 3 heterocycles. The summed E-state index contributed by atoms with van der Waals surface area (Å²) in [5.74, 6) is -1.68. The summed E-state index contributed by atoms with van der Waals surface area (Å²) in [5.41, 5.74) is 6.90. The molecule has 0 fully saturated rings. The number of hydrogen-bond acceptors (Lipinski definition) is 8. The third-order valence-electron chi connectivity index (χ3n) is 4.41. The van der Waals surface area contributed by atoms with Crippen LogP contribution >= 0.6 is 0 Å². The van der Waals surface area contributed by atoms with Crippen molar-refractivity contribution in [1.82, 2.24) is 19.7 Å². The van der Waals surface area contributed by atoms with E-state index in [1.807, 2.05) is 0 Å². The average Bonchev–Trinajstić information content (AvgIpc) is 3.47. The molecule has 0 bridgehead atoms. The van der Waals surface area contributed by atoms with Gasteiger partial charge < -0.3 is 20.2 Å². The van der Waals surface area contributed by atoms with Gasteiger partial charge >= 0.3 is 5.97 Å². The molecule has 3 N–H and O–H groups in total. The highest BCUT2D eigenvalue weighted by Crippen LogP contribution is 2.21. The predicted molar refractivity (Wildman–Crippen MR) is 111 cm³/mol. The van der Waals surface area contributed by atoms with Crippen LogP contribution in [0, 0.1) is 0 Å². The molecule has 4 aromatic rings. The number of nitrogens with two attached hydrogens (primary N) is 1. The minimum atomic E-state index is -0.831. The quantitative estimate of drug-likeness (QED) is 0.439. The lowest BCUT2D eigenvalue weighted by atomic mass is 10.2. The van der Waals surface area contributed by atoms with Gasteiger partial charge in [0.2, 0.25) is 5.89 Å². The zero-order valence-electron chi connectivity index (χ0n) is 16.7. The fourth-order valence-corrected chi connectivity index (χ4v) is 2.84. The molecule has 11 nitrogen and oxygen atoms in total. The van der Waals surface area contributed by atoms with Gasteiger partial charge in [-0.1, -0.05) is 0 Å². The van der Waals surface area contributed by atoms with Gasteiger partial charge in [-0.3, -0.25) is 14.6 Å². The predicted octanol–water partition coefficient (Wildman–Crippen LogP) is 2.06. The van der Waals surface area contributed by atoms with Gasteiger partial charge in [0.1, 0.15) is 6.26 Å². The van der Waals surface area contributed by atoms with E-state index in [2.05, 4.69) is 25.1 Å². The second-order valence-corrected chi connectivity index (χ2v) is 6.47. The Morgan fingerprint density at radius 2 is 1.81 bits per heavy atom. The molecule has 0 unspecified atom stereocenters. The number of esters is 1. The van der Waals surface area contributed by atoms with Crippen LogP contribution in [0.5, 0.6) is 0 Å². The SMILES string of the molecule is COC(=O)c1ccc(-n2cc(NC(=O)c3coc(-c4ccncc4)n3)c(C(N)=O)n2)cc1.